The molecule has 1 heterocycles. The van der Waals surface area contributed by atoms with E-state index in [-0.39, 0.29) is 30.5 Å². The van der Waals surface area contributed by atoms with Gasteiger partial charge in [-0.1, -0.05) is 71.8 Å². The lowest BCUT2D eigenvalue weighted by Gasteiger charge is -2.42. The van der Waals surface area contributed by atoms with Crippen molar-refractivity contribution in [1.82, 2.24) is 0 Å². The smallest absolute Gasteiger partial charge is 0.307 e. The Labute approximate surface area is 222 Å². The summed E-state index contributed by atoms with van der Waals surface area (Å²) < 4.78 is 12.9. The maximum Gasteiger partial charge on any atom is 0.307 e. The lowest BCUT2D eigenvalue weighted by atomic mass is 9.75. The highest BCUT2D eigenvalue weighted by Crippen LogP contribution is 2.49. The quantitative estimate of drug-likeness (QED) is 0.303. The van der Waals surface area contributed by atoms with Gasteiger partial charge in [-0.2, -0.15) is 0 Å². The molecule has 4 nitrogen and oxygen atoms in total. The zero-order chi connectivity index (χ0) is 25.8. The highest BCUT2D eigenvalue weighted by Gasteiger charge is 2.39. The molecule has 0 radical (unpaired) electrons. The van der Waals surface area contributed by atoms with Gasteiger partial charge in [0.2, 0.25) is 0 Å². The summed E-state index contributed by atoms with van der Waals surface area (Å²) in [6.45, 7) is 8.67. The zero-order valence-corrected chi connectivity index (χ0v) is 21.9. The molecule has 188 valence electrons. The first kappa shape index (κ1) is 26.3. The van der Waals surface area contributed by atoms with Crippen molar-refractivity contribution in [3.05, 3.63) is 111 Å². The van der Waals surface area contributed by atoms with Gasteiger partial charge in [0.1, 0.15) is 12.4 Å². The lowest BCUT2D eigenvalue weighted by Crippen LogP contribution is -2.34. The minimum absolute atomic E-state index is 0.00364. The first-order valence-corrected chi connectivity index (χ1v) is 12.8. The van der Waals surface area contributed by atoms with Crippen molar-refractivity contribution >= 4 is 29.2 Å². The van der Waals surface area contributed by atoms with Crippen molar-refractivity contribution in [1.29, 1.82) is 0 Å². The Kier molecular flexibility index (Phi) is 8.40. The van der Waals surface area contributed by atoms with E-state index in [4.69, 9.17) is 32.7 Å². The van der Waals surface area contributed by atoms with Crippen molar-refractivity contribution in [3.8, 4) is 5.75 Å². The predicted molar refractivity (Wildman–Crippen MR) is 144 cm³/mol. The molecule has 1 saturated heterocycles. The number of hydrogen-bond donors (Lipinski definition) is 1. The maximum atomic E-state index is 11.4. The number of carboxylic acid groups (broad SMARTS) is 1. The predicted octanol–water partition coefficient (Wildman–Crippen LogP) is 8.03. The monoisotopic (exact) mass is 524 g/mol. The van der Waals surface area contributed by atoms with E-state index in [2.05, 4.69) is 19.6 Å². The summed E-state index contributed by atoms with van der Waals surface area (Å²) in [6.07, 6.45) is 0.278. The van der Waals surface area contributed by atoms with Crippen LogP contribution in [0.25, 0.3) is 0 Å². The Morgan fingerprint density at radius 2 is 1.83 bits per heavy atom. The van der Waals surface area contributed by atoms with E-state index in [1.165, 1.54) is 0 Å². The molecular weight excluding hydrogens is 495 g/mol. The molecule has 1 aliphatic rings. The average Bonchev–Trinajstić information content (AvgIpc) is 2.83. The topological polar surface area (TPSA) is 55.8 Å². The van der Waals surface area contributed by atoms with Crippen LogP contribution in [0.4, 0.5) is 0 Å². The van der Waals surface area contributed by atoms with Crippen molar-refractivity contribution in [2.24, 2.45) is 5.92 Å². The largest absolute Gasteiger partial charge is 0.489 e. The van der Waals surface area contributed by atoms with Crippen molar-refractivity contribution in [2.45, 2.75) is 51.4 Å². The lowest BCUT2D eigenvalue weighted by molar-refractivity contribution is -0.136. The second kappa shape index (κ2) is 11.5. The van der Waals surface area contributed by atoms with E-state index in [1.807, 2.05) is 61.5 Å². The zero-order valence-electron chi connectivity index (χ0n) is 20.4. The van der Waals surface area contributed by atoms with Crippen LogP contribution in [0, 0.1) is 5.92 Å². The van der Waals surface area contributed by atoms with Crippen molar-refractivity contribution in [3.63, 3.8) is 0 Å². The fourth-order valence-electron chi connectivity index (χ4n) is 4.94. The van der Waals surface area contributed by atoms with Gasteiger partial charge in [-0.05, 0) is 67.3 Å². The standard InChI is InChI=1S/C30H30Cl2O4/c1-18(2)24-16-25(23-9-4-5-10-27(23)32)19(3)36-30(24)26-14-20(15-29(33)34)11-12-28(26)35-17-21-7-6-8-22(31)13-21/h4-14,19,24-25,30H,1,15-17H2,2-3H3,(H,33,34)/t19-,24-,25+,30+/m1/s1. The summed E-state index contributed by atoms with van der Waals surface area (Å²) in [6, 6.07) is 20.9. The summed E-state index contributed by atoms with van der Waals surface area (Å²) >= 11 is 12.7. The van der Waals surface area contributed by atoms with Crippen LogP contribution in [-0.2, 0) is 22.6 Å². The van der Waals surface area contributed by atoms with Crippen molar-refractivity contribution < 1.29 is 19.4 Å². The summed E-state index contributed by atoms with van der Waals surface area (Å²) in [4.78, 5) is 11.4. The van der Waals surface area contributed by atoms with Crippen LogP contribution in [0.15, 0.2) is 78.9 Å². The highest BCUT2D eigenvalue weighted by atomic mass is 35.5. The highest BCUT2D eigenvalue weighted by molar-refractivity contribution is 6.31. The van der Waals surface area contributed by atoms with Crippen LogP contribution in [0.1, 0.15) is 54.5 Å². The molecule has 0 aliphatic carbocycles. The number of carboxylic acids is 1. The number of aliphatic carboxylic acids is 1. The molecule has 1 aliphatic heterocycles. The van der Waals surface area contributed by atoms with Gasteiger partial charge in [0.05, 0.1) is 18.6 Å². The number of hydrogen-bond acceptors (Lipinski definition) is 3. The molecule has 36 heavy (non-hydrogen) atoms. The van der Waals surface area contributed by atoms with E-state index < -0.39 is 5.97 Å². The van der Waals surface area contributed by atoms with Gasteiger partial charge in [-0.25, -0.2) is 0 Å². The fraction of sp³-hybridized carbons (Fsp3) is 0.300. The van der Waals surface area contributed by atoms with Crippen LogP contribution in [0.2, 0.25) is 10.0 Å². The summed E-state index contributed by atoms with van der Waals surface area (Å²) in [7, 11) is 0. The molecule has 1 fully saturated rings. The van der Waals surface area contributed by atoms with Gasteiger partial charge in [0.15, 0.2) is 0 Å². The Morgan fingerprint density at radius 3 is 2.53 bits per heavy atom. The van der Waals surface area contributed by atoms with E-state index in [9.17, 15) is 9.90 Å². The molecule has 4 rings (SSSR count). The van der Waals surface area contributed by atoms with Crippen LogP contribution in [0.5, 0.6) is 5.75 Å². The molecule has 0 bridgehead atoms. The molecule has 6 heteroatoms. The van der Waals surface area contributed by atoms with E-state index >= 15 is 0 Å². The van der Waals surface area contributed by atoms with Crippen molar-refractivity contribution in [2.75, 3.05) is 0 Å². The third-order valence-electron chi connectivity index (χ3n) is 6.76. The van der Waals surface area contributed by atoms with Crippen LogP contribution >= 0.6 is 23.2 Å². The number of carbonyl (C=O) groups is 1. The Bertz CT molecular complexity index is 1260. The summed E-state index contributed by atoms with van der Waals surface area (Å²) in [5, 5.41) is 10.8. The average molecular weight is 525 g/mol. The molecule has 3 aromatic rings. The molecule has 0 saturated carbocycles. The molecule has 0 aromatic heterocycles. The normalized spacial score (nSPS) is 21.7. The number of benzene rings is 3. The minimum Gasteiger partial charge on any atom is -0.489 e. The van der Waals surface area contributed by atoms with Gasteiger partial charge in [0.25, 0.3) is 0 Å². The van der Waals surface area contributed by atoms with E-state index in [0.717, 1.165) is 33.7 Å². The third kappa shape index (κ3) is 6.12. The second-order valence-electron chi connectivity index (χ2n) is 9.44. The second-order valence-corrected chi connectivity index (χ2v) is 10.3. The van der Waals surface area contributed by atoms with Gasteiger partial charge >= 0.3 is 5.97 Å². The number of ether oxygens (including phenoxy) is 2. The third-order valence-corrected chi connectivity index (χ3v) is 7.34. The molecule has 3 aromatic carbocycles. The number of rotatable bonds is 8. The van der Waals surface area contributed by atoms with E-state index in [0.29, 0.717) is 22.9 Å². The Morgan fingerprint density at radius 1 is 1.06 bits per heavy atom. The Hall–Kier alpha value is -2.79. The maximum absolute atomic E-state index is 11.4. The van der Waals surface area contributed by atoms with E-state index in [1.54, 1.807) is 6.07 Å². The van der Waals surface area contributed by atoms with Gasteiger partial charge < -0.3 is 14.6 Å². The SMILES string of the molecule is C=C(C)[C@H]1C[C@H](c2ccccc2Cl)[C@@H](C)O[C@@H]1c1cc(CC(=O)O)ccc1OCc1cccc(Cl)c1. The van der Waals surface area contributed by atoms with Gasteiger partial charge in [0, 0.05) is 27.4 Å². The van der Waals surface area contributed by atoms with Gasteiger partial charge in [-0.15, -0.1) is 0 Å². The molecule has 0 unspecified atom stereocenters. The fourth-order valence-corrected chi connectivity index (χ4v) is 5.43. The summed E-state index contributed by atoms with van der Waals surface area (Å²) in [5.74, 6) is -0.128. The van der Waals surface area contributed by atoms with Gasteiger partial charge in [-0.3, -0.25) is 4.79 Å². The summed E-state index contributed by atoms with van der Waals surface area (Å²) in [5.41, 5.74) is 4.52. The first-order chi connectivity index (χ1) is 17.2. The first-order valence-electron chi connectivity index (χ1n) is 12.0. The molecule has 4 atom stereocenters. The van der Waals surface area contributed by atoms with Crippen LogP contribution in [-0.4, -0.2) is 17.2 Å². The molecule has 0 amide bonds. The Balaban J connectivity index is 1.69. The number of halogens is 2. The minimum atomic E-state index is -0.887. The molecule has 1 N–H and O–H groups in total. The van der Waals surface area contributed by atoms with Crippen LogP contribution in [0.3, 0.4) is 0 Å². The van der Waals surface area contributed by atoms with Crippen LogP contribution < -0.4 is 4.74 Å². The molecule has 0 spiro atoms. The molecular formula is C30H30Cl2O4.